The molecule has 14 nitrogen and oxygen atoms in total. The number of nitrogens with one attached hydrogen (secondary N) is 2. The zero-order valence-electron chi connectivity index (χ0n) is 15.6. The monoisotopic (exact) mass is 429 g/mol. The summed E-state index contributed by atoms with van der Waals surface area (Å²) in [5.41, 5.74) is -0.702. The average Bonchev–Trinajstić information content (AvgIpc) is 3.30. The number of H-pyrrole nitrogens is 1. The lowest BCUT2D eigenvalue weighted by molar-refractivity contribution is -0.127. The summed E-state index contributed by atoms with van der Waals surface area (Å²) in [6, 6.07) is 0. The van der Waals surface area contributed by atoms with Crippen molar-refractivity contribution < 1.29 is 40.2 Å². The highest BCUT2D eigenvalue weighted by molar-refractivity contribution is 5.93. The predicted octanol–water partition coefficient (Wildman–Crippen LogP) is -3.84. The number of carbonyl (C=O) groups is 1. The number of imidazole rings is 1. The summed E-state index contributed by atoms with van der Waals surface area (Å²) in [5.74, 6) is -1.33. The summed E-state index contributed by atoms with van der Waals surface area (Å²) in [6.45, 7) is -1.14. The molecule has 6 atom stereocenters. The number of nitrogens with zero attached hydrogens (tertiary/aromatic N) is 3. The van der Waals surface area contributed by atoms with Crippen LogP contribution in [-0.2, 0) is 9.53 Å². The number of fused-ring (bicyclic) bond motifs is 1. The number of rotatable bonds is 8. The lowest BCUT2D eigenvalue weighted by Gasteiger charge is -2.18. The van der Waals surface area contributed by atoms with Gasteiger partial charge in [0, 0.05) is 12.8 Å². The molecule has 0 spiro atoms. The van der Waals surface area contributed by atoms with Crippen LogP contribution in [0.25, 0.3) is 11.2 Å². The fourth-order valence-electron chi connectivity index (χ4n) is 3.06. The van der Waals surface area contributed by atoms with E-state index >= 15 is 0 Å². The third-order valence-corrected chi connectivity index (χ3v) is 4.77. The van der Waals surface area contributed by atoms with Crippen LogP contribution in [0.3, 0.4) is 0 Å². The molecule has 1 saturated heterocycles. The molecule has 0 aliphatic carbocycles. The van der Waals surface area contributed by atoms with Crippen molar-refractivity contribution in [1.29, 1.82) is 0 Å². The minimum atomic E-state index is -1.76. The van der Waals surface area contributed by atoms with Crippen molar-refractivity contribution in [2.24, 2.45) is 0 Å². The second-order valence-electron chi connectivity index (χ2n) is 6.91. The number of hydrogen-bond donors (Lipinski definition) is 8. The van der Waals surface area contributed by atoms with Crippen molar-refractivity contribution in [2.75, 3.05) is 18.5 Å². The first-order valence-electron chi connectivity index (χ1n) is 9.12. The number of carbonyl (C=O) groups excluding carboxylic acids is 1. The number of aliphatic hydroxyl groups is 6. The van der Waals surface area contributed by atoms with Crippen LogP contribution in [0.4, 0.5) is 5.95 Å². The Hall–Kier alpha value is -2.46. The second-order valence-corrected chi connectivity index (χ2v) is 6.91. The molecule has 0 saturated carbocycles. The smallest absolute Gasteiger partial charge is 0.280 e. The molecule has 3 rings (SSSR count). The molecule has 2 aromatic heterocycles. The highest BCUT2D eigenvalue weighted by Gasteiger charge is 2.35. The molecular formula is C16H23N5O9. The fourth-order valence-corrected chi connectivity index (χ4v) is 3.06. The SMILES string of the molecule is O=C(Nc1nc2c(ncn2[C@H]2C[C@H](O)[C@@H](CO)O2)c(=O)[nH]1)[C@@H](O)CC(O)C(O)CO. The maximum Gasteiger partial charge on any atom is 0.280 e. The van der Waals surface area contributed by atoms with E-state index in [9.17, 15) is 35.1 Å². The Labute approximate surface area is 168 Å². The number of amides is 1. The van der Waals surface area contributed by atoms with Gasteiger partial charge in [0.2, 0.25) is 5.95 Å². The third-order valence-electron chi connectivity index (χ3n) is 4.77. The summed E-state index contributed by atoms with van der Waals surface area (Å²) in [7, 11) is 0. The molecule has 8 N–H and O–H groups in total. The molecule has 1 aliphatic heterocycles. The van der Waals surface area contributed by atoms with Gasteiger partial charge in [-0.15, -0.1) is 0 Å². The van der Waals surface area contributed by atoms with Crippen molar-refractivity contribution >= 4 is 23.0 Å². The Morgan fingerprint density at radius 2 is 2.07 bits per heavy atom. The van der Waals surface area contributed by atoms with Crippen molar-refractivity contribution in [1.82, 2.24) is 19.5 Å². The van der Waals surface area contributed by atoms with Gasteiger partial charge in [-0.3, -0.25) is 24.5 Å². The van der Waals surface area contributed by atoms with E-state index in [1.54, 1.807) is 0 Å². The number of aromatic amines is 1. The van der Waals surface area contributed by atoms with Crippen molar-refractivity contribution in [3.63, 3.8) is 0 Å². The summed E-state index contributed by atoms with van der Waals surface area (Å²) >= 11 is 0. The average molecular weight is 429 g/mol. The number of aliphatic hydroxyl groups excluding tert-OH is 6. The van der Waals surface area contributed by atoms with Gasteiger partial charge in [-0.25, -0.2) is 4.98 Å². The molecule has 14 heteroatoms. The molecule has 2 aromatic rings. The molecule has 30 heavy (non-hydrogen) atoms. The minimum absolute atomic E-state index is 0.0371. The first-order chi connectivity index (χ1) is 14.2. The van der Waals surface area contributed by atoms with Crippen LogP contribution in [-0.4, -0.2) is 99.8 Å². The molecule has 166 valence electrons. The Bertz CT molecular complexity index is 947. The molecule has 0 bridgehead atoms. The van der Waals surface area contributed by atoms with E-state index in [1.807, 2.05) is 0 Å². The zero-order valence-corrected chi connectivity index (χ0v) is 15.6. The zero-order chi connectivity index (χ0) is 22.0. The van der Waals surface area contributed by atoms with Gasteiger partial charge in [0.15, 0.2) is 11.2 Å². The summed E-state index contributed by atoms with van der Waals surface area (Å²) < 4.78 is 6.89. The van der Waals surface area contributed by atoms with Gasteiger partial charge in [0.25, 0.3) is 11.5 Å². The van der Waals surface area contributed by atoms with Gasteiger partial charge in [0.1, 0.15) is 24.5 Å². The van der Waals surface area contributed by atoms with E-state index in [-0.39, 0.29) is 23.5 Å². The van der Waals surface area contributed by atoms with Gasteiger partial charge in [-0.2, -0.15) is 4.98 Å². The minimum Gasteiger partial charge on any atom is -0.394 e. The maximum atomic E-state index is 12.3. The van der Waals surface area contributed by atoms with Gasteiger partial charge in [0.05, 0.1) is 31.7 Å². The highest BCUT2D eigenvalue weighted by Crippen LogP contribution is 2.30. The number of aromatic nitrogens is 4. The Morgan fingerprint density at radius 3 is 2.70 bits per heavy atom. The molecule has 2 unspecified atom stereocenters. The Morgan fingerprint density at radius 1 is 1.33 bits per heavy atom. The summed E-state index contributed by atoms with van der Waals surface area (Å²) in [4.78, 5) is 34.7. The van der Waals surface area contributed by atoms with E-state index in [0.717, 1.165) is 0 Å². The largest absolute Gasteiger partial charge is 0.394 e. The highest BCUT2D eigenvalue weighted by atomic mass is 16.5. The Kier molecular flexibility index (Phi) is 6.77. The van der Waals surface area contributed by atoms with Crippen LogP contribution < -0.4 is 10.9 Å². The van der Waals surface area contributed by atoms with E-state index in [4.69, 9.17) is 9.84 Å². The normalized spacial score (nSPS) is 24.7. The van der Waals surface area contributed by atoms with Crippen molar-refractivity contribution in [3.05, 3.63) is 16.7 Å². The quantitative estimate of drug-likeness (QED) is 0.203. The molecule has 0 aromatic carbocycles. The van der Waals surface area contributed by atoms with Gasteiger partial charge >= 0.3 is 0 Å². The molecular weight excluding hydrogens is 406 g/mol. The lowest BCUT2D eigenvalue weighted by atomic mass is 10.1. The maximum absolute atomic E-state index is 12.3. The Balaban J connectivity index is 1.79. The molecule has 1 aliphatic rings. The fraction of sp³-hybridized carbons (Fsp3) is 0.625. The van der Waals surface area contributed by atoms with Crippen LogP contribution in [0.15, 0.2) is 11.1 Å². The third kappa shape index (κ3) is 4.49. The first-order valence-corrected chi connectivity index (χ1v) is 9.12. The predicted molar refractivity (Wildman–Crippen MR) is 98.1 cm³/mol. The molecule has 1 fully saturated rings. The number of anilines is 1. The topological polar surface area (TPSA) is 223 Å². The van der Waals surface area contributed by atoms with Crippen LogP contribution >= 0.6 is 0 Å². The van der Waals surface area contributed by atoms with Gasteiger partial charge < -0.3 is 35.4 Å². The van der Waals surface area contributed by atoms with Gasteiger partial charge in [-0.05, 0) is 0 Å². The van der Waals surface area contributed by atoms with E-state index in [2.05, 4.69) is 20.3 Å². The number of ether oxygens (including phenoxy) is 1. The lowest BCUT2D eigenvalue weighted by Crippen LogP contribution is -2.38. The van der Waals surface area contributed by atoms with E-state index in [1.165, 1.54) is 10.9 Å². The summed E-state index contributed by atoms with van der Waals surface area (Å²) in [6.07, 6.45) is -6.47. The first kappa shape index (κ1) is 22.2. The van der Waals surface area contributed by atoms with Crippen molar-refractivity contribution in [2.45, 2.75) is 49.6 Å². The van der Waals surface area contributed by atoms with E-state index < -0.39 is 67.8 Å². The van der Waals surface area contributed by atoms with Crippen LogP contribution in [0.2, 0.25) is 0 Å². The van der Waals surface area contributed by atoms with Crippen LogP contribution in [0.5, 0.6) is 0 Å². The second kappa shape index (κ2) is 9.13. The van der Waals surface area contributed by atoms with Crippen LogP contribution in [0.1, 0.15) is 19.1 Å². The van der Waals surface area contributed by atoms with Crippen molar-refractivity contribution in [3.8, 4) is 0 Å². The molecule has 1 amide bonds. The molecule has 3 heterocycles. The van der Waals surface area contributed by atoms with E-state index in [0.29, 0.717) is 0 Å². The number of hydrogen-bond acceptors (Lipinski definition) is 11. The summed E-state index contributed by atoms with van der Waals surface area (Å²) in [5, 5.41) is 58.9. The van der Waals surface area contributed by atoms with Crippen LogP contribution in [0, 0.1) is 0 Å². The van der Waals surface area contributed by atoms with Gasteiger partial charge in [-0.1, -0.05) is 0 Å². The molecule has 0 radical (unpaired) electrons. The standard InChI is InChI=1S/C16H23N5O9/c22-3-9(27)6(24)1-8(26)14(28)19-16-18-13-12(15(29)20-16)17-5-21(13)11-2-7(25)10(4-23)30-11/h5-11,22-27H,1-4H2,(H2,18,19,20,28,29)/t6?,7-,8-,9?,10+,11+/m0/s1.